The van der Waals surface area contributed by atoms with Crippen LogP contribution in [-0.4, -0.2) is 31.1 Å². The first kappa shape index (κ1) is 22.4. The lowest BCUT2D eigenvalue weighted by Crippen LogP contribution is -2.09. The minimum Gasteiger partial charge on any atom is -0.480 e. The lowest BCUT2D eigenvalue weighted by Gasteiger charge is -2.14. The Bertz CT molecular complexity index is 1420. The van der Waals surface area contributed by atoms with Crippen molar-refractivity contribution in [3.63, 3.8) is 0 Å². The van der Waals surface area contributed by atoms with E-state index >= 15 is 0 Å². The maximum Gasteiger partial charge on any atom is 0.325 e. The Morgan fingerprint density at radius 1 is 1.30 bits per heavy atom. The van der Waals surface area contributed by atoms with Crippen molar-refractivity contribution in [2.45, 2.75) is 13.1 Å². The molecule has 0 atom stereocenters. The monoisotopic (exact) mass is 529 g/mol. The largest absolute Gasteiger partial charge is 0.480 e. The average Bonchev–Trinajstić information content (AvgIpc) is 3.22. The van der Waals surface area contributed by atoms with Crippen LogP contribution in [0.15, 0.2) is 47.2 Å². The molecule has 0 aliphatic rings. The first-order valence-electron chi connectivity index (χ1n) is 9.43. The molecule has 2 aromatic heterocycles. The van der Waals surface area contributed by atoms with Crippen LogP contribution in [0.25, 0.3) is 10.9 Å². The zero-order valence-corrected chi connectivity index (χ0v) is 19.0. The number of carboxylic acids is 1. The predicted molar refractivity (Wildman–Crippen MR) is 124 cm³/mol. The van der Waals surface area contributed by atoms with Gasteiger partial charge in [-0.05, 0) is 46.3 Å². The minimum absolute atomic E-state index is 0.0450. The topological polar surface area (TPSA) is 129 Å². The molecule has 0 aliphatic heterocycles. The van der Waals surface area contributed by atoms with Crippen LogP contribution in [0.2, 0.25) is 5.02 Å². The molecule has 4 aromatic rings. The molecular formula is C21H14BrClFN7O2. The molecule has 0 saturated heterocycles. The lowest BCUT2D eigenvalue weighted by molar-refractivity contribution is -0.137. The number of hydrogen-bond donors (Lipinski definition) is 3. The lowest BCUT2D eigenvalue weighted by atomic mass is 10.1. The molecule has 0 amide bonds. The number of aliphatic carboxylic acids is 1. The molecular weight excluding hydrogens is 517 g/mol. The summed E-state index contributed by atoms with van der Waals surface area (Å²) in [6, 6.07) is 9.93. The summed E-state index contributed by atoms with van der Waals surface area (Å²) in [6.07, 6.45) is 2.99. The van der Waals surface area contributed by atoms with Gasteiger partial charge in [0.25, 0.3) is 0 Å². The second-order valence-corrected chi connectivity index (χ2v) is 8.18. The number of pyridine rings is 1. The number of nitrogens with one attached hydrogen (secondary N) is 2. The molecule has 12 heteroatoms. The van der Waals surface area contributed by atoms with E-state index in [-0.39, 0.29) is 11.6 Å². The van der Waals surface area contributed by atoms with Crippen LogP contribution in [0.3, 0.4) is 0 Å². The van der Waals surface area contributed by atoms with Gasteiger partial charge in [-0.15, -0.1) is 5.10 Å². The Morgan fingerprint density at radius 2 is 2.12 bits per heavy atom. The van der Waals surface area contributed by atoms with Gasteiger partial charge in [0.15, 0.2) is 0 Å². The highest BCUT2D eigenvalue weighted by Crippen LogP contribution is 2.35. The van der Waals surface area contributed by atoms with Crippen LogP contribution < -0.4 is 10.6 Å². The SMILES string of the molecule is N#Cc1cnc2c(Br)cc(NCc3cn(CC(=O)O)nn3)cc2c1Nc1ccc(F)c(Cl)c1. The summed E-state index contributed by atoms with van der Waals surface area (Å²) in [6.45, 7) is 0.0127. The Labute approximate surface area is 199 Å². The molecule has 0 bridgehead atoms. The normalized spacial score (nSPS) is 10.7. The predicted octanol–water partition coefficient (Wildman–Crippen LogP) is 4.69. The second-order valence-electron chi connectivity index (χ2n) is 6.92. The number of carboxylic acid groups (broad SMARTS) is 1. The van der Waals surface area contributed by atoms with Crippen LogP contribution in [-0.2, 0) is 17.9 Å². The van der Waals surface area contributed by atoms with Gasteiger partial charge in [0.2, 0.25) is 0 Å². The van der Waals surface area contributed by atoms with Crippen LogP contribution in [0.1, 0.15) is 11.3 Å². The first-order chi connectivity index (χ1) is 15.8. The van der Waals surface area contributed by atoms with Gasteiger partial charge in [-0.1, -0.05) is 16.8 Å². The summed E-state index contributed by atoms with van der Waals surface area (Å²) < 4.78 is 15.5. The molecule has 9 nitrogen and oxygen atoms in total. The quantitative estimate of drug-likeness (QED) is 0.314. The van der Waals surface area contributed by atoms with Crippen molar-refractivity contribution in [2.75, 3.05) is 10.6 Å². The van der Waals surface area contributed by atoms with E-state index in [1.807, 2.05) is 12.1 Å². The maximum atomic E-state index is 13.6. The van der Waals surface area contributed by atoms with Gasteiger partial charge in [0.1, 0.15) is 24.1 Å². The number of nitriles is 1. The van der Waals surface area contributed by atoms with Crippen molar-refractivity contribution >= 4 is 61.5 Å². The summed E-state index contributed by atoms with van der Waals surface area (Å²) in [5, 5.41) is 33.1. The first-order valence-corrected chi connectivity index (χ1v) is 10.6. The molecule has 0 radical (unpaired) electrons. The van der Waals surface area contributed by atoms with E-state index < -0.39 is 11.8 Å². The smallest absolute Gasteiger partial charge is 0.325 e. The molecule has 2 aromatic carbocycles. The second kappa shape index (κ2) is 9.40. The van der Waals surface area contributed by atoms with E-state index in [2.05, 4.69) is 47.9 Å². The molecule has 0 fully saturated rings. The number of aromatic nitrogens is 4. The standard InChI is InChI=1S/C21H14BrClFN7O2/c22-16-4-13(26-8-14-9-31(30-29-14)10-19(32)33)3-15-20(11(6-25)7-27-21(15)16)28-12-1-2-18(24)17(23)5-12/h1-5,7,9,26H,8,10H2,(H,27,28)(H,32,33). The van der Waals surface area contributed by atoms with E-state index in [1.165, 1.54) is 35.3 Å². The average molecular weight is 531 g/mol. The fraction of sp³-hybridized carbons (Fsp3) is 0.0952. The molecule has 0 saturated carbocycles. The van der Waals surface area contributed by atoms with Crippen molar-refractivity contribution in [1.82, 2.24) is 20.0 Å². The molecule has 0 spiro atoms. The number of halogens is 3. The maximum absolute atomic E-state index is 13.6. The molecule has 166 valence electrons. The number of nitrogens with zero attached hydrogens (tertiary/aromatic N) is 5. The number of benzene rings is 2. The third kappa shape index (κ3) is 5.02. The van der Waals surface area contributed by atoms with Crippen molar-refractivity contribution in [3.05, 3.63) is 69.3 Å². The van der Waals surface area contributed by atoms with Gasteiger partial charge in [0, 0.05) is 27.4 Å². The molecule has 4 rings (SSSR count). The van der Waals surface area contributed by atoms with Crippen LogP contribution in [0.4, 0.5) is 21.5 Å². The third-order valence-corrected chi connectivity index (χ3v) is 5.49. The van der Waals surface area contributed by atoms with Gasteiger partial charge in [-0.2, -0.15) is 5.26 Å². The summed E-state index contributed by atoms with van der Waals surface area (Å²) >= 11 is 9.41. The summed E-state index contributed by atoms with van der Waals surface area (Å²) in [5.74, 6) is -1.56. The highest BCUT2D eigenvalue weighted by atomic mass is 79.9. The van der Waals surface area contributed by atoms with Gasteiger partial charge in [-0.25, -0.2) is 9.07 Å². The van der Waals surface area contributed by atoms with Crippen molar-refractivity contribution < 1.29 is 14.3 Å². The van der Waals surface area contributed by atoms with E-state index in [4.69, 9.17) is 16.7 Å². The van der Waals surface area contributed by atoms with Crippen molar-refractivity contribution in [2.24, 2.45) is 0 Å². The third-order valence-electron chi connectivity index (χ3n) is 4.59. The molecule has 33 heavy (non-hydrogen) atoms. The van der Waals surface area contributed by atoms with E-state index in [1.54, 1.807) is 0 Å². The van der Waals surface area contributed by atoms with Crippen LogP contribution >= 0.6 is 27.5 Å². The van der Waals surface area contributed by atoms with E-state index in [9.17, 15) is 14.4 Å². The zero-order valence-electron chi connectivity index (χ0n) is 16.7. The minimum atomic E-state index is -1.01. The summed E-state index contributed by atoms with van der Waals surface area (Å²) in [5.41, 5.74) is 3.15. The van der Waals surface area contributed by atoms with Gasteiger partial charge < -0.3 is 15.7 Å². The highest BCUT2D eigenvalue weighted by molar-refractivity contribution is 9.10. The number of carbonyl (C=O) groups is 1. The van der Waals surface area contributed by atoms with Gasteiger partial charge in [-0.3, -0.25) is 9.78 Å². The Balaban J connectivity index is 1.67. The van der Waals surface area contributed by atoms with E-state index in [0.29, 0.717) is 50.2 Å². The van der Waals surface area contributed by atoms with Crippen LogP contribution in [0, 0.1) is 17.1 Å². The number of fused-ring (bicyclic) bond motifs is 1. The number of anilines is 3. The Hall–Kier alpha value is -3.75. The van der Waals surface area contributed by atoms with E-state index in [0.717, 1.165) is 0 Å². The number of hydrogen-bond acceptors (Lipinski definition) is 7. The molecule has 0 aliphatic carbocycles. The van der Waals surface area contributed by atoms with Gasteiger partial charge >= 0.3 is 5.97 Å². The summed E-state index contributed by atoms with van der Waals surface area (Å²) in [7, 11) is 0. The van der Waals surface area contributed by atoms with Gasteiger partial charge in [0.05, 0.1) is 34.5 Å². The van der Waals surface area contributed by atoms with Crippen LogP contribution in [0.5, 0.6) is 0 Å². The van der Waals surface area contributed by atoms with Crippen molar-refractivity contribution in [3.8, 4) is 6.07 Å². The molecule has 0 unspecified atom stereocenters. The summed E-state index contributed by atoms with van der Waals surface area (Å²) in [4.78, 5) is 15.2. The molecule has 2 heterocycles. The molecule has 3 N–H and O–H groups in total. The fourth-order valence-electron chi connectivity index (χ4n) is 3.13. The Kier molecular flexibility index (Phi) is 6.39. The fourth-order valence-corrected chi connectivity index (χ4v) is 3.87. The highest BCUT2D eigenvalue weighted by Gasteiger charge is 2.14. The number of rotatable bonds is 7. The zero-order chi connectivity index (χ0) is 23.5. The van der Waals surface area contributed by atoms with Crippen molar-refractivity contribution in [1.29, 1.82) is 5.26 Å². The Morgan fingerprint density at radius 3 is 2.85 bits per heavy atom.